The highest BCUT2D eigenvalue weighted by Crippen LogP contribution is 2.25. The molecule has 0 saturated carbocycles. The van der Waals surface area contributed by atoms with E-state index in [1.54, 1.807) is 6.92 Å². The molecule has 16 heavy (non-hydrogen) atoms. The fourth-order valence-electron chi connectivity index (χ4n) is 1.80. The maximum Gasteiger partial charge on any atom is 0.326 e. The van der Waals surface area contributed by atoms with Crippen molar-refractivity contribution in [2.24, 2.45) is 5.92 Å². The summed E-state index contributed by atoms with van der Waals surface area (Å²) in [5.74, 6) is 1.61. The molecule has 0 aromatic rings. The second-order valence-electron chi connectivity index (χ2n) is 4.13. The van der Waals surface area contributed by atoms with Crippen LogP contribution < -0.4 is 5.32 Å². The van der Waals surface area contributed by atoms with Crippen molar-refractivity contribution < 1.29 is 14.7 Å². The third-order valence-electron chi connectivity index (χ3n) is 2.86. The fraction of sp³-hybridized carbons (Fsp3) is 0.818. The van der Waals surface area contributed by atoms with Crippen molar-refractivity contribution in [3.63, 3.8) is 0 Å². The average molecular weight is 245 g/mol. The van der Waals surface area contributed by atoms with Crippen molar-refractivity contribution >= 4 is 23.6 Å². The van der Waals surface area contributed by atoms with Crippen LogP contribution in [0, 0.1) is 5.92 Å². The molecule has 1 fully saturated rings. The molecule has 4 nitrogen and oxygen atoms in total. The number of carbonyl (C=O) groups is 2. The smallest absolute Gasteiger partial charge is 0.326 e. The average Bonchev–Trinajstić information content (AvgIpc) is 2.27. The molecule has 1 amide bonds. The zero-order chi connectivity index (χ0) is 12.0. The number of carbonyl (C=O) groups excluding carboxylic acids is 1. The molecule has 1 rings (SSSR count). The van der Waals surface area contributed by atoms with Crippen molar-refractivity contribution in [1.82, 2.24) is 5.32 Å². The van der Waals surface area contributed by atoms with Gasteiger partial charge in [-0.2, -0.15) is 11.8 Å². The van der Waals surface area contributed by atoms with Crippen LogP contribution in [0.4, 0.5) is 0 Å². The first kappa shape index (κ1) is 13.4. The van der Waals surface area contributed by atoms with Crippen LogP contribution in [0.5, 0.6) is 0 Å². The number of aliphatic carboxylic acids is 1. The summed E-state index contributed by atoms with van der Waals surface area (Å²) in [7, 11) is 0. The number of carboxylic acid groups (broad SMARTS) is 1. The monoisotopic (exact) mass is 245 g/mol. The van der Waals surface area contributed by atoms with Crippen LogP contribution in [-0.4, -0.2) is 34.5 Å². The van der Waals surface area contributed by atoms with Crippen molar-refractivity contribution in [3.05, 3.63) is 0 Å². The molecule has 0 bridgehead atoms. The van der Waals surface area contributed by atoms with Gasteiger partial charge >= 0.3 is 5.97 Å². The topological polar surface area (TPSA) is 66.4 Å². The van der Waals surface area contributed by atoms with Gasteiger partial charge < -0.3 is 10.4 Å². The Labute approximate surface area is 100 Å². The summed E-state index contributed by atoms with van der Waals surface area (Å²) in [6, 6.07) is -0.731. The Morgan fingerprint density at radius 1 is 1.44 bits per heavy atom. The highest BCUT2D eigenvalue weighted by Gasteiger charge is 2.21. The molecule has 0 aromatic carbocycles. The molecule has 1 aliphatic heterocycles. The lowest BCUT2D eigenvalue weighted by Gasteiger charge is -2.21. The predicted molar refractivity (Wildman–Crippen MR) is 64.5 cm³/mol. The summed E-state index contributed by atoms with van der Waals surface area (Å²) < 4.78 is 0. The van der Waals surface area contributed by atoms with E-state index in [1.807, 2.05) is 11.8 Å². The van der Waals surface area contributed by atoms with Gasteiger partial charge in [0.25, 0.3) is 0 Å². The second-order valence-corrected chi connectivity index (χ2v) is 5.35. The van der Waals surface area contributed by atoms with Gasteiger partial charge in [0.1, 0.15) is 6.04 Å². The van der Waals surface area contributed by atoms with E-state index >= 15 is 0 Å². The third kappa shape index (κ3) is 4.43. The maximum atomic E-state index is 11.6. The summed E-state index contributed by atoms with van der Waals surface area (Å²) in [6.07, 6.45) is 3.05. The molecule has 2 N–H and O–H groups in total. The first-order valence-corrected chi connectivity index (χ1v) is 6.88. The van der Waals surface area contributed by atoms with Crippen LogP contribution in [0.3, 0.4) is 0 Å². The molecule has 0 aromatic heterocycles. The zero-order valence-corrected chi connectivity index (χ0v) is 10.4. The van der Waals surface area contributed by atoms with Crippen LogP contribution >= 0.6 is 11.8 Å². The summed E-state index contributed by atoms with van der Waals surface area (Å²) in [5, 5.41) is 11.4. The van der Waals surface area contributed by atoms with Gasteiger partial charge in [0.2, 0.25) is 5.91 Å². The van der Waals surface area contributed by atoms with E-state index in [9.17, 15) is 9.59 Å². The van der Waals surface area contributed by atoms with Crippen molar-refractivity contribution in [3.8, 4) is 0 Å². The summed E-state index contributed by atoms with van der Waals surface area (Å²) in [5.41, 5.74) is 0. The van der Waals surface area contributed by atoms with Gasteiger partial charge in [0, 0.05) is 6.42 Å². The first-order valence-electron chi connectivity index (χ1n) is 5.73. The van der Waals surface area contributed by atoms with Crippen LogP contribution in [0.2, 0.25) is 0 Å². The van der Waals surface area contributed by atoms with Crippen LogP contribution in [0.25, 0.3) is 0 Å². The van der Waals surface area contributed by atoms with Gasteiger partial charge in [0.05, 0.1) is 0 Å². The summed E-state index contributed by atoms with van der Waals surface area (Å²) >= 11 is 1.92. The molecule has 5 heteroatoms. The van der Waals surface area contributed by atoms with E-state index in [2.05, 4.69) is 5.32 Å². The van der Waals surface area contributed by atoms with Crippen LogP contribution in [0.1, 0.15) is 32.6 Å². The maximum absolute atomic E-state index is 11.6. The molecule has 1 atom stereocenters. The van der Waals surface area contributed by atoms with Crippen molar-refractivity contribution in [2.45, 2.75) is 38.6 Å². The number of nitrogens with one attached hydrogen (secondary N) is 1. The zero-order valence-electron chi connectivity index (χ0n) is 9.57. The predicted octanol–water partition coefficient (Wildman–Crippen LogP) is 1.50. The number of hydrogen-bond acceptors (Lipinski definition) is 3. The van der Waals surface area contributed by atoms with Gasteiger partial charge in [0.15, 0.2) is 0 Å². The van der Waals surface area contributed by atoms with Gasteiger partial charge in [-0.15, -0.1) is 0 Å². The quantitative estimate of drug-likeness (QED) is 0.770. The highest BCUT2D eigenvalue weighted by atomic mass is 32.2. The van der Waals surface area contributed by atoms with E-state index in [0.29, 0.717) is 18.8 Å². The standard InChI is InChI=1S/C11H19NO3S/c1-2-9(11(14)15)12-10(13)7-8-3-5-16-6-4-8/h8-9H,2-7H2,1H3,(H,12,13)(H,14,15). The molecule has 92 valence electrons. The molecular weight excluding hydrogens is 226 g/mol. The van der Waals surface area contributed by atoms with E-state index in [1.165, 1.54) is 0 Å². The SMILES string of the molecule is CCC(NC(=O)CC1CCSCC1)C(=O)O. The van der Waals surface area contributed by atoms with Crippen molar-refractivity contribution in [1.29, 1.82) is 0 Å². The Morgan fingerprint density at radius 3 is 2.56 bits per heavy atom. The molecule has 1 heterocycles. The fourth-order valence-corrected chi connectivity index (χ4v) is 3.01. The molecule has 1 saturated heterocycles. The second kappa shape index (κ2) is 6.78. The lowest BCUT2D eigenvalue weighted by Crippen LogP contribution is -2.41. The Morgan fingerprint density at radius 2 is 2.06 bits per heavy atom. The minimum atomic E-state index is -0.949. The van der Waals surface area contributed by atoms with Crippen LogP contribution in [-0.2, 0) is 9.59 Å². The number of rotatable bonds is 5. The Hall–Kier alpha value is -0.710. The molecule has 0 radical (unpaired) electrons. The van der Waals surface area contributed by atoms with Crippen LogP contribution in [0.15, 0.2) is 0 Å². The molecular formula is C11H19NO3S. The van der Waals surface area contributed by atoms with Gasteiger partial charge in [-0.3, -0.25) is 4.79 Å². The van der Waals surface area contributed by atoms with E-state index < -0.39 is 12.0 Å². The van der Waals surface area contributed by atoms with Gasteiger partial charge in [-0.1, -0.05) is 6.92 Å². The summed E-state index contributed by atoms with van der Waals surface area (Å²) in [6.45, 7) is 1.76. The Bertz CT molecular complexity index is 252. The lowest BCUT2D eigenvalue weighted by atomic mass is 9.98. The van der Waals surface area contributed by atoms with E-state index in [-0.39, 0.29) is 5.91 Å². The minimum Gasteiger partial charge on any atom is -0.480 e. The first-order chi connectivity index (χ1) is 7.63. The largest absolute Gasteiger partial charge is 0.480 e. The molecule has 1 unspecified atom stereocenters. The molecule has 1 aliphatic rings. The Balaban J connectivity index is 2.31. The molecule has 0 aliphatic carbocycles. The number of carboxylic acids is 1. The van der Waals surface area contributed by atoms with E-state index in [4.69, 9.17) is 5.11 Å². The van der Waals surface area contributed by atoms with Gasteiger partial charge in [-0.25, -0.2) is 4.79 Å². The normalized spacial score (nSPS) is 19.1. The van der Waals surface area contributed by atoms with Crippen molar-refractivity contribution in [2.75, 3.05) is 11.5 Å². The third-order valence-corrected chi connectivity index (χ3v) is 3.91. The minimum absolute atomic E-state index is 0.119. The number of thioether (sulfide) groups is 1. The van der Waals surface area contributed by atoms with Gasteiger partial charge in [-0.05, 0) is 36.7 Å². The lowest BCUT2D eigenvalue weighted by molar-refractivity contribution is -0.142. The number of hydrogen-bond donors (Lipinski definition) is 2. The highest BCUT2D eigenvalue weighted by molar-refractivity contribution is 7.99. The Kier molecular flexibility index (Phi) is 5.66. The molecule has 0 spiro atoms. The van der Waals surface area contributed by atoms with E-state index in [0.717, 1.165) is 24.3 Å². The number of amides is 1. The summed E-state index contributed by atoms with van der Waals surface area (Å²) in [4.78, 5) is 22.3.